The van der Waals surface area contributed by atoms with E-state index in [1.165, 1.54) is 21.9 Å². The minimum Gasteiger partial charge on any atom is -0.378 e. The maximum absolute atomic E-state index is 12.5. The number of anilines is 1. The zero-order valence-electron chi connectivity index (χ0n) is 17.5. The number of carbonyl (C=O) groups is 1. The molecule has 5 rings (SSSR count). The fourth-order valence-electron chi connectivity index (χ4n) is 4.13. The van der Waals surface area contributed by atoms with Crippen LogP contribution in [0.5, 0.6) is 0 Å². The quantitative estimate of drug-likeness (QED) is 0.384. The summed E-state index contributed by atoms with van der Waals surface area (Å²) < 4.78 is 0. The second-order valence-corrected chi connectivity index (χ2v) is 7.96. The maximum Gasteiger partial charge on any atom is 0.289 e. The Morgan fingerprint density at radius 1 is 1.06 bits per heavy atom. The van der Waals surface area contributed by atoms with E-state index in [0.717, 1.165) is 35.3 Å². The van der Waals surface area contributed by atoms with Gasteiger partial charge in [0.15, 0.2) is 0 Å². The average molecular weight is 409 g/mol. The zero-order chi connectivity index (χ0) is 21.4. The number of nitrogens with one attached hydrogen (secondary N) is 2. The molecule has 0 atom stereocenters. The highest BCUT2D eigenvalue weighted by Crippen LogP contribution is 2.36. The number of hydrogen-bond acceptors (Lipinski definition) is 4. The molecule has 6 heteroatoms. The summed E-state index contributed by atoms with van der Waals surface area (Å²) in [5, 5.41) is 13.8. The number of hydrazone groups is 1. The van der Waals surface area contributed by atoms with E-state index in [1.807, 2.05) is 43.3 Å². The summed E-state index contributed by atoms with van der Waals surface area (Å²) in [6, 6.07) is 20.4. The predicted octanol–water partition coefficient (Wildman–Crippen LogP) is 4.16. The van der Waals surface area contributed by atoms with Crippen LogP contribution in [-0.4, -0.2) is 36.4 Å². The first kappa shape index (κ1) is 19.1. The third-order valence-electron chi connectivity index (χ3n) is 5.76. The third kappa shape index (κ3) is 3.57. The molecule has 1 amide bonds. The summed E-state index contributed by atoms with van der Waals surface area (Å²) in [6.45, 7) is 0. The summed E-state index contributed by atoms with van der Waals surface area (Å²) in [5.41, 5.74) is 9.50. The fraction of sp³-hybridized carbons (Fsp3) is 0.160. The van der Waals surface area contributed by atoms with Gasteiger partial charge in [-0.3, -0.25) is 9.89 Å². The number of benzene rings is 3. The van der Waals surface area contributed by atoms with Crippen molar-refractivity contribution in [2.24, 2.45) is 5.10 Å². The Hall–Kier alpha value is -3.93. The van der Waals surface area contributed by atoms with Gasteiger partial charge in [0.2, 0.25) is 0 Å². The molecule has 1 aliphatic carbocycles. The molecule has 0 saturated heterocycles. The van der Waals surface area contributed by atoms with Crippen molar-refractivity contribution in [3.63, 3.8) is 0 Å². The van der Waals surface area contributed by atoms with E-state index in [0.29, 0.717) is 5.69 Å². The van der Waals surface area contributed by atoms with Gasteiger partial charge in [-0.15, -0.1) is 0 Å². The highest BCUT2D eigenvalue weighted by atomic mass is 16.2. The van der Waals surface area contributed by atoms with Gasteiger partial charge in [0, 0.05) is 25.3 Å². The minimum absolute atomic E-state index is 0.328. The molecule has 0 spiro atoms. The standard InChI is InChI=1S/C25H23N5O/c1-30(2)19-11-6-16(7-12-19)15-26-29-25(31)23-14-22(27-28-23)20-13-10-18-9-8-17-4-3-5-21(20)24(17)18/h3-7,10-15H,8-9H2,1-2H3,(H,27,28)(H,29,31). The van der Waals surface area contributed by atoms with Gasteiger partial charge >= 0.3 is 0 Å². The lowest BCUT2D eigenvalue weighted by Crippen LogP contribution is -2.18. The van der Waals surface area contributed by atoms with Crippen LogP contribution in [0.15, 0.2) is 65.8 Å². The highest BCUT2D eigenvalue weighted by Gasteiger charge is 2.18. The molecule has 3 aromatic carbocycles. The average Bonchev–Trinajstić information content (AvgIpc) is 3.43. The number of rotatable bonds is 5. The summed E-state index contributed by atoms with van der Waals surface area (Å²) in [7, 11) is 3.98. The summed E-state index contributed by atoms with van der Waals surface area (Å²) >= 11 is 0. The van der Waals surface area contributed by atoms with Crippen LogP contribution >= 0.6 is 0 Å². The Morgan fingerprint density at radius 3 is 2.61 bits per heavy atom. The lowest BCUT2D eigenvalue weighted by Gasteiger charge is -2.11. The molecule has 2 N–H and O–H groups in total. The number of H-pyrrole nitrogens is 1. The number of carbonyl (C=O) groups excluding carboxylic acids is 1. The molecule has 6 nitrogen and oxygen atoms in total. The molecule has 4 aromatic rings. The maximum atomic E-state index is 12.5. The van der Waals surface area contributed by atoms with Crippen molar-refractivity contribution in [3.8, 4) is 11.3 Å². The van der Waals surface area contributed by atoms with Crippen molar-refractivity contribution in [1.82, 2.24) is 15.6 Å². The first-order valence-electron chi connectivity index (χ1n) is 10.3. The van der Waals surface area contributed by atoms with Crippen LogP contribution in [0.4, 0.5) is 5.69 Å². The van der Waals surface area contributed by atoms with E-state index < -0.39 is 0 Å². The van der Waals surface area contributed by atoms with E-state index >= 15 is 0 Å². The summed E-state index contributed by atoms with van der Waals surface area (Å²) in [6.07, 6.45) is 3.79. The first-order valence-corrected chi connectivity index (χ1v) is 10.3. The molecule has 31 heavy (non-hydrogen) atoms. The molecule has 0 radical (unpaired) electrons. The predicted molar refractivity (Wildman–Crippen MR) is 125 cm³/mol. The fourth-order valence-corrected chi connectivity index (χ4v) is 4.13. The van der Waals surface area contributed by atoms with Gasteiger partial charge in [0.1, 0.15) is 5.69 Å². The molecular formula is C25H23N5O. The SMILES string of the molecule is CN(C)c1ccc(C=NNC(=O)c2cc(-c3ccc4c5c(cccc35)CC4)n[nH]2)cc1. The van der Waals surface area contributed by atoms with Crippen LogP contribution < -0.4 is 10.3 Å². The Labute approximate surface area is 180 Å². The molecule has 0 fully saturated rings. The Bertz CT molecular complexity index is 1290. The molecule has 1 heterocycles. The first-order chi connectivity index (χ1) is 15.1. The van der Waals surface area contributed by atoms with Crippen LogP contribution in [0.2, 0.25) is 0 Å². The van der Waals surface area contributed by atoms with Gasteiger partial charge in [-0.2, -0.15) is 10.2 Å². The van der Waals surface area contributed by atoms with Crippen LogP contribution in [0.1, 0.15) is 27.2 Å². The normalized spacial score (nSPS) is 12.6. The van der Waals surface area contributed by atoms with Crippen molar-refractivity contribution < 1.29 is 4.79 Å². The zero-order valence-corrected chi connectivity index (χ0v) is 17.5. The van der Waals surface area contributed by atoms with Crippen molar-refractivity contribution in [2.75, 3.05) is 19.0 Å². The number of aryl methyl sites for hydroxylation is 2. The summed E-state index contributed by atoms with van der Waals surface area (Å²) in [4.78, 5) is 14.5. The van der Waals surface area contributed by atoms with Gasteiger partial charge < -0.3 is 4.90 Å². The van der Waals surface area contributed by atoms with E-state index in [4.69, 9.17) is 0 Å². The van der Waals surface area contributed by atoms with Gasteiger partial charge in [-0.1, -0.05) is 42.5 Å². The minimum atomic E-state index is -0.328. The van der Waals surface area contributed by atoms with Gasteiger partial charge in [-0.25, -0.2) is 5.43 Å². The highest BCUT2D eigenvalue weighted by molar-refractivity contribution is 6.02. The molecular weight excluding hydrogens is 386 g/mol. The van der Waals surface area contributed by atoms with Crippen molar-refractivity contribution >= 4 is 28.6 Å². The largest absolute Gasteiger partial charge is 0.378 e. The number of amides is 1. The topological polar surface area (TPSA) is 73.4 Å². The monoisotopic (exact) mass is 409 g/mol. The van der Waals surface area contributed by atoms with Crippen LogP contribution in [0.25, 0.3) is 22.0 Å². The number of hydrogen-bond donors (Lipinski definition) is 2. The Kier molecular flexibility index (Phi) is 4.75. The lowest BCUT2D eigenvalue weighted by molar-refractivity contribution is 0.0950. The number of nitrogens with zero attached hydrogens (tertiary/aromatic N) is 3. The smallest absolute Gasteiger partial charge is 0.289 e. The van der Waals surface area contributed by atoms with E-state index in [-0.39, 0.29) is 5.91 Å². The Morgan fingerprint density at radius 2 is 1.84 bits per heavy atom. The van der Waals surface area contributed by atoms with Crippen LogP contribution in [-0.2, 0) is 12.8 Å². The van der Waals surface area contributed by atoms with E-state index in [1.54, 1.807) is 12.3 Å². The van der Waals surface area contributed by atoms with E-state index in [9.17, 15) is 4.79 Å². The van der Waals surface area contributed by atoms with Gasteiger partial charge in [0.25, 0.3) is 5.91 Å². The van der Waals surface area contributed by atoms with Crippen molar-refractivity contribution in [3.05, 3.63) is 83.0 Å². The summed E-state index contributed by atoms with van der Waals surface area (Å²) in [5.74, 6) is -0.328. The van der Waals surface area contributed by atoms with Crippen LogP contribution in [0, 0.1) is 0 Å². The van der Waals surface area contributed by atoms with E-state index in [2.05, 4.69) is 51.1 Å². The van der Waals surface area contributed by atoms with Crippen molar-refractivity contribution in [2.45, 2.75) is 12.8 Å². The molecule has 0 unspecified atom stereocenters. The molecule has 0 bridgehead atoms. The van der Waals surface area contributed by atoms with Crippen molar-refractivity contribution in [1.29, 1.82) is 0 Å². The van der Waals surface area contributed by atoms with Gasteiger partial charge in [0.05, 0.1) is 11.9 Å². The molecule has 1 aromatic heterocycles. The molecule has 154 valence electrons. The number of aromatic amines is 1. The number of aromatic nitrogens is 2. The third-order valence-corrected chi connectivity index (χ3v) is 5.76. The molecule has 1 aliphatic rings. The lowest BCUT2D eigenvalue weighted by atomic mass is 9.98. The Balaban J connectivity index is 1.33. The van der Waals surface area contributed by atoms with Gasteiger partial charge in [-0.05, 0) is 58.5 Å². The molecule has 0 saturated carbocycles. The second-order valence-electron chi connectivity index (χ2n) is 7.96. The molecule has 0 aliphatic heterocycles. The van der Waals surface area contributed by atoms with Crippen LogP contribution in [0.3, 0.4) is 0 Å². The second kappa shape index (κ2) is 7.72.